The molecule has 0 aliphatic carbocycles. The van der Waals surface area contributed by atoms with Gasteiger partial charge in [0.25, 0.3) is 0 Å². The molecule has 0 saturated heterocycles. The number of carbonyl (C=O) groups is 1. The van der Waals surface area contributed by atoms with Gasteiger partial charge in [0.2, 0.25) is 0 Å². The van der Waals surface area contributed by atoms with Crippen LogP contribution in [-0.4, -0.2) is 48.4 Å². The summed E-state index contributed by atoms with van der Waals surface area (Å²) in [6.07, 6.45) is 2.85. The average molecular weight is 493 g/mol. The van der Waals surface area contributed by atoms with Gasteiger partial charge in [-0.05, 0) is 50.1 Å². The Morgan fingerprint density at radius 3 is 2.59 bits per heavy atom. The molecule has 0 spiro atoms. The Kier molecular flexibility index (Phi) is 8.62. The number of halogens is 1. The smallest absolute Gasteiger partial charge is 0.870 e. The second kappa shape index (κ2) is 10.7. The van der Waals surface area contributed by atoms with Crippen molar-refractivity contribution in [2.24, 2.45) is 0 Å². The number of aromatic carboxylic acids is 1. The Morgan fingerprint density at radius 1 is 1.24 bits per heavy atom. The maximum atomic E-state index is 11.5. The number of pyridine rings is 1. The first-order chi connectivity index (χ1) is 15.2. The van der Waals surface area contributed by atoms with Crippen LogP contribution in [0.1, 0.15) is 40.3 Å². The number of nitrogens with zero attached hydrogens (tertiary/aromatic N) is 5. The zero-order chi connectivity index (χ0) is 23.2. The number of benzene rings is 1. The van der Waals surface area contributed by atoms with E-state index in [0.29, 0.717) is 44.4 Å². The van der Waals surface area contributed by atoms with Crippen molar-refractivity contribution in [2.75, 3.05) is 12.8 Å². The zero-order valence-electron chi connectivity index (χ0n) is 19.4. The van der Waals surface area contributed by atoms with Gasteiger partial charge in [-0.2, -0.15) is 5.10 Å². The number of anilines is 1. The minimum Gasteiger partial charge on any atom is -0.870 e. The summed E-state index contributed by atoms with van der Waals surface area (Å²) in [5.74, 6) is -0.196. The molecule has 10 nitrogen and oxygen atoms in total. The van der Waals surface area contributed by atoms with Crippen LogP contribution in [0, 0.1) is 13.8 Å². The van der Waals surface area contributed by atoms with Crippen molar-refractivity contribution in [1.29, 1.82) is 0 Å². The van der Waals surface area contributed by atoms with Gasteiger partial charge in [0, 0.05) is 22.3 Å². The Bertz CT molecular complexity index is 1380. The van der Waals surface area contributed by atoms with E-state index in [9.17, 15) is 9.90 Å². The van der Waals surface area contributed by atoms with Gasteiger partial charge in [0.15, 0.2) is 5.65 Å². The Hall–Kier alpha value is -2.76. The number of fused-ring (bicyclic) bond motifs is 1. The van der Waals surface area contributed by atoms with Gasteiger partial charge in [0.1, 0.15) is 23.6 Å². The summed E-state index contributed by atoms with van der Waals surface area (Å²) in [6.45, 7) is 5.66. The zero-order valence-corrected chi connectivity index (χ0v) is 22.1. The summed E-state index contributed by atoms with van der Waals surface area (Å²) in [5, 5.41) is 15.2. The molecule has 4 aromatic rings. The van der Waals surface area contributed by atoms with Gasteiger partial charge in [0.05, 0.1) is 24.2 Å². The maximum absolute atomic E-state index is 11.5. The van der Waals surface area contributed by atoms with Crippen LogP contribution in [0.4, 0.5) is 5.82 Å². The largest absolute Gasteiger partial charge is 1.00 e. The van der Waals surface area contributed by atoms with Crippen LogP contribution in [0.15, 0.2) is 30.7 Å². The van der Waals surface area contributed by atoms with Crippen molar-refractivity contribution in [3.05, 3.63) is 58.3 Å². The number of carboxylic acid groups (broad SMARTS) is 1. The molecular formula is C22H22ClN6NaO4. The Morgan fingerprint density at radius 2 is 1.94 bits per heavy atom. The van der Waals surface area contributed by atoms with Crippen LogP contribution >= 0.6 is 11.6 Å². The van der Waals surface area contributed by atoms with Gasteiger partial charge in [-0.15, -0.1) is 0 Å². The van der Waals surface area contributed by atoms with E-state index in [1.807, 2.05) is 26.8 Å². The number of methoxy groups -OCH3 is 1. The van der Waals surface area contributed by atoms with E-state index in [0.717, 1.165) is 11.1 Å². The summed E-state index contributed by atoms with van der Waals surface area (Å²) in [4.78, 5) is 23.8. The summed E-state index contributed by atoms with van der Waals surface area (Å²) >= 11 is 6.62. The first-order valence-corrected chi connectivity index (χ1v) is 10.1. The van der Waals surface area contributed by atoms with Crippen LogP contribution in [0.5, 0.6) is 5.75 Å². The molecule has 0 amide bonds. The molecule has 3 heterocycles. The number of ether oxygens (including phenoxy) is 1. The number of nitrogen functional groups attached to an aromatic ring is 1. The molecule has 34 heavy (non-hydrogen) atoms. The average Bonchev–Trinajstić information content (AvgIpc) is 3.12. The van der Waals surface area contributed by atoms with Crippen molar-refractivity contribution < 1.29 is 49.7 Å². The van der Waals surface area contributed by atoms with Crippen LogP contribution in [0.2, 0.25) is 5.02 Å². The third-order valence-electron chi connectivity index (χ3n) is 5.49. The van der Waals surface area contributed by atoms with Crippen molar-refractivity contribution in [2.45, 2.75) is 26.8 Å². The summed E-state index contributed by atoms with van der Waals surface area (Å²) < 4.78 is 7.58. The van der Waals surface area contributed by atoms with Crippen LogP contribution < -0.4 is 40.0 Å². The number of hydrogen-bond donors (Lipinski definition) is 2. The molecule has 0 radical (unpaired) electrons. The van der Waals surface area contributed by atoms with Gasteiger partial charge >= 0.3 is 35.5 Å². The van der Waals surface area contributed by atoms with E-state index >= 15 is 0 Å². The summed E-state index contributed by atoms with van der Waals surface area (Å²) in [7, 11) is 1.56. The van der Waals surface area contributed by atoms with E-state index in [1.54, 1.807) is 17.9 Å². The molecule has 1 unspecified atom stereocenters. The molecule has 4 N–H and O–H groups in total. The second-order valence-electron chi connectivity index (χ2n) is 7.38. The first kappa shape index (κ1) is 27.5. The number of nitrogens with two attached hydrogens (primary N) is 1. The second-order valence-corrected chi connectivity index (χ2v) is 7.79. The fourth-order valence-corrected chi connectivity index (χ4v) is 4.11. The van der Waals surface area contributed by atoms with Crippen molar-refractivity contribution in [3.63, 3.8) is 0 Å². The monoisotopic (exact) mass is 492 g/mol. The van der Waals surface area contributed by atoms with Gasteiger partial charge < -0.3 is 21.1 Å². The SMILES string of the molecule is COc1c(C(C)n2nc(C)c3c(N)ncnc32)cc(Cl)c(C)c1-c1ccnc(C(=O)O)c1.[Na+].[OH-]. The van der Waals surface area contributed by atoms with Crippen molar-refractivity contribution >= 4 is 34.4 Å². The van der Waals surface area contributed by atoms with E-state index < -0.39 is 5.97 Å². The van der Waals surface area contributed by atoms with E-state index in [-0.39, 0.29) is 46.8 Å². The van der Waals surface area contributed by atoms with Gasteiger partial charge in [-0.25, -0.2) is 24.4 Å². The molecule has 0 bridgehead atoms. The normalized spacial score (nSPS) is 11.4. The third kappa shape index (κ3) is 4.59. The minimum atomic E-state index is -1.12. The molecule has 0 fully saturated rings. The van der Waals surface area contributed by atoms with Gasteiger partial charge in [-0.1, -0.05) is 11.6 Å². The fourth-order valence-electron chi connectivity index (χ4n) is 3.90. The number of rotatable bonds is 5. The number of aryl methyl sites for hydroxylation is 1. The number of aromatic nitrogens is 5. The molecule has 1 aromatic carbocycles. The quantitative estimate of drug-likeness (QED) is 0.385. The molecule has 172 valence electrons. The molecule has 3 aromatic heterocycles. The molecule has 0 aliphatic heterocycles. The number of hydrogen-bond acceptors (Lipinski definition) is 8. The van der Waals surface area contributed by atoms with Crippen molar-refractivity contribution in [3.8, 4) is 16.9 Å². The minimum absolute atomic E-state index is 0. The molecule has 12 heteroatoms. The Labute approximate surface area is 222 Å². The van der Waals surface area contributed by atoms with E-state index in [1.165, 1.54) is 18.6 Å². The Balaban J connectivity index is 0.00000204. The van der Waals surface area contributed by atoms with E-state index in [2.05, 4.69) is 20.1 Å². The number of carboxylic acids is 1. The topological polar surface area (TPSA) is 159 Å². The maximum Gasteiger partial charge on any atom is 1.00 e. The first-order valence-electron chi connectivity index (χ1n) is 9.76. The molecule has 0 saturated carbocycles. The molecule has 1 atom stereocenters. The van der Waals surface area contributed by atoms with Gasteiger partial charge in [-0.3, -0.25) is 0 Å². The summed E-state index contributed by atoms with van der Waals surface area (Å²) in [6, 6.07) is 4.73. The van der Waals surface area contributed by atoms with Crippen molar-refractivity contribution in [1.82, 2.24) is 24.7 Å². The van der Waals surface area contributed by atoms with E-state index in [4.69, 9.17) is 22.1 Å². The molecular weight excluding hydrogens is 471 g/mol. The standard InChI is InChI=1S/C22H21ClN6O3.Na.H2O/c1-10-15(23)8-14(12(3)29-21-18(11(2)28-29)20(24)26-9-27-21)19(32-4)17(10)13-5-6-25-16(7-13)22(30)31;;/h5-9,12H,1-4H3,(H,30,31)(H2,24,26,27);;1H2/q;+1;/p-1. The van der Waals surface area contributed by atoms with Crippen LogP contribution in [0.3, 0.4) is 0 Å². The fraction of sp³-hybridized carbons (Fsp3) is 0.227. The molecule has 0 aliphatic rings. The van der Waals surface area contributed by atoms with Crippen LogP contribution in [-0.2, 0) is 0 Å². The predicted molar refractivity (Wildman–Crippen MR) is 123 cm³/mol. The predicted octanol–water partition coefficient (Wildman–Crippen LogP) is 0.884. The van der Waals surface area contributed by atoms with Crippen LogP contribution in [0.25, 0.3) is 22.2 Å². The third-order valence-corrected chi connectivity index (χ3v) is 5.88. The summed E-state index contributed by atoms with van der Waals surface area (Å²) in [5.41, 5.74) is 10.1. The molecule has 4 rings (SSSR count).